The lowest BCUT2D eigenvalue weighted by atomic mass is 10.2. The molecule has 0 radical (unpaired) electrons. The fraction of sp³-hybridized carbons (Fsp3) is 0.600. The van der Waals surface area contributed by atoms with Gasteiger partial charge in [-0.1, -0.05) is 19.1 Å². The third-order valence-electron chi connectivity index (χ3n) is 3.35. The second kappa shape index (κ2) is 7.77. The van der Waals surface area contributed by atoms with Crippen LogP contribution in [0.25, 0.3) is 0 Å². The maximum absolute atomic E-state index is 11.6. The van der Waals surface area contributed by atoms with Gasteiger partial charge < -0.3 is 9.47 Å². The van der Waals surface area contributed by atoms with Crippen molar-refractivity contribution in [1.29, 1.82) is 0 Å². The normalized spacial score (nSPS) is 18.8. The predicted molar refractivity (Wildman–Crippen MR) is 81.8 cm³/mol. The summed E-state index contributed by atoms with van der Waals surface area (Å²) >= 11 is 0. The average Bonchev–Trinajstić information content (AvgIpc) is 2.97. The van der Waals surface area contributed by atoms with Gasteiger partial charge in [0.05, 0.1) is 11.9 Å². The van der Waals surface area contributed by atoms with Crippen molar-refractivity contribution in [3.63, 3.8) is 0 Å². The van der Waals surface area contributed by atoms with Gasteiger partial charge in [-0.3, -0.25) is 0 Å². The van der Waals surface area contributed by atoms with E-state index in [9.17, 15) is 8.42 Å². The van der Waals surface area contributed by atoms with Crippen LogP contribution in [-0.2, 0) is 21.3 Å². The molecule has 0 spiro atoms. The van der Waals surface area contributed by atoms with E-state index in [0.29, 0.717) is 19.6 Å². The standard InChI is InChI=1S/C15H23NO4S/c1-2-10-21(17,18)16-11-13-5-7-14(8-6-13)20-12-15-4-3-9-19-15/h5-8,15-16H,2-4,9-12H2,1H3/t15-/m0/s1. The maximum atomic E-state index is 11.6. The Bertz CT molecular complexity index is 521. The van der Waals surface area contributed by atoms with Crippen LogP contribution in [0, 0.1) is 0 Å². The molecule has 1 heterocycles. The molecule has 0 aromatic heterocycles. The van der Waals surface area contributed by atoms with Crippen molar-refractivity contribution in [2.45, 2.75) is 38.8 Å². The number of rotatable bonds is 8. The summed E-state index contributed by atoms with van der Waals surface area (Å²) in [7, 11) is -3.16. The first-order valence-corrected chi connectivity index (χ1v) is 9.05. The Kier molecular flexibility index (Phi) is 6.02. The van der Waals surface area contributed by atoms with E-state index in [1.165, 1.54) is 0 Å². The summed E-state index contributed by atoms with van der Waals surface area (Å²) in [5.41, 5.74) is 0.916. The fourth-order valence-electron chi connectivity index (χ4n) is 2.20. The molecule has 1 fully saturated rings. The zero-order valence-corrected chi connectivity index (χ0v) is 13.2. The first-order chi connectivity index (χ1) is 10.1. The minimum Gasteiger partial charge on any atom is -0.491 e. The van der Waals surface area contributed by atoms with Crippen LogP contribution in [0.4, 0.5) is 0 Å². The van der Waals surface area contributed by atoms with E-state index < -0.39 is 10.0 Å². The summed E-state index contributed by atoms with van der Waals surface area (Å²) in [4.78, 5) is 0. The van der Waals surface area contributed by atoms with Crippen LogP contribution in [0.15, 0.2) is 24.3 Å². The van der Waals surface area contributed by atoms with Crippen molar-refractivity contribution in [2.75, 3.05) is 19.0 Å². The molecule has 6 heteroatoms. The Morgan fingerprint density at radius 3 is 2.71 bits per heavy atom. The molecular formula is C15H23NO4S. The Morgan fingerprint density at radius 2 is 2.10 bits per heavy atom. The number of benzene rings is 1. The van der Waals surface area contributed by atoms with Crippen LogP contribution in [-0.4, -0.2) is 33.5 Å². The molecule has 1 atom stereocenters. The third-order valence-corrected chi connectivity index (χ3v) is 4.88. The van der Waals surface area contributed by atoms with Crippen LogP contribution in [0.3, 0.4) is 0 Å². The largest absolute Gasteiger partial charge is 0.491 e. The number of hydrogen-bond donors (Lipinski definition) is 1. The summed E-state index contributed by atoms with van der Waals surface area (Å²) < 4.78 is 36.9. The average molecular weight is 313 g/mol. The molecule has 21 heavy (non-hydrogen) atoms. The Hall–Kier alpha value is -1.11. The van der Waals surface area contributed by atoms with Gasteiger partial charge in [-0.25, -0.2) is 13.1 Å². The highest BCUT2D eigenvalue weighted by Crippen LogP contribution is 2.16. The molecule has 1 saturated heterocycles. The van der Waals surface area contributed by atoms with Gasteiger partial charge in [0.15, 0.2) is 0 Å². The van der Waals surface area contributed by atoms with Crippen molar-refractivity contribution >= 4 is 10.0 Å². The third kappa shape index (κ3) is 5.65. The van der Waals surface area contributed by atoms with E-state index in [2.05, 4.69) is 4.72 Å². The molecule has 2 rings (SSSR count). The number of hydrogen-bond acceptors (Lipinski definition) is 4. The molecule has 5 nitrogen and oxygen atoms in total. The van der Waals surface area contributed by atoms with Crippen molar-refractivity contribution in [2.24, 2.45) is 0 Å². The first-order valence-electron chi connectivity index (χ1n) is 7.40. The zero-order valence-electron chi connectivity index (χ0n) is 12.4. The summed E-state index contributed by atoms with van der Waals surface area (Å²) in [6, 6.07) is 7.47. The minimum atomic E-state index is -3.16. The first kappa shape index (κ1) is 16.3. The topological polar surface area (TPSA) is 64.6 Å². The van der Waals surface area contributed by atoms with E-state index in [1.807, 2.05) is 31.2 Å². The number of ether oxygens (including phenoxy) is 2. The Morgan fingerprint density at radius 1 is 1.33 bits per heavy atom. The smallest absolute Gasteiger partial charge is 0.211 e. The van der Waals surface area contributed by atoms with Crippen LogP contribution in [0.5, 0.6) is 5.75 Å². The molecule has 0 saturated carbocycles. The lowest BCUT2D eigenvalue weighted by molar-refractivity contribution is 0.0679. The van der Waals surface area contributed by atoms with Gasteiger partial charge >= 0.3 is 0 Å². The molecular weight excluding hydrogens is 290 g/mol. The molecule has 0 amide bonds. The SMILES string of the molecule is CCCS(=O)(=O)NCc1ccc(OC[C@@H]2CCCO2)cc1. The van der Waals surface area contributed by atoms with E-state index in [1.54, 1.807) is 0 Å². The molecule has 118 valence electrons. The van der Waals surface area contributed by atoms with E-state index in [-0.39, 0.29) is 11.9 Å². The highest BCUT2D eigenvalue weighted by atomic mass is 32.2. The van der Waals surface area contributed by atoms with Crippen molar-refractivity contribution in [3.8, 4) is 5.75 Å². The van der Waals surface area contributed by atoms with Crippen LogP contribution in [0.1, 0.15) is 31.7 Å². The minimum absolute atomic E-state index is 0.162. The Balaban J connectivity index is 1.78. The van der Waals surface area contributed by atoms with Crippen molar-refractivity contribution in [1.82, 2.24) is 4.72 Å². The van der Waals surface area contributed by atoms with E-state index in [0.717, 1.165) is 30.8 Å². The van der Waals surface area contributed by atoms with Crippen molar-refractivity contribution < 1.29 is 17.9 Å². The molecule has 1 aromatic rings. The summed E-state index contributed by atoms with van der Waals surface area (Å²) in [5, 5.41) is 0. The molecule has 0 aliphatic carbocycles. The Labute approximate surface area is 126 Å². The highest BCUT2D eigenvalue weighted by Gasteiger charge is 2.15. The predicted octanol–water partition coefficient (Wildman–Crippen LogP) is 2.07. The van der Waals surface area contributed by atoms with Gasteiger partial charge in [-0.15, -0.1) is 0 Å². The van der Waals surface area contributed by atoms with Gasteiger partial charge in [0.25, 0.3) is 0 Å². The molecule has 1 aliphatic heterocycles. The second-order valence-electron chi connectivity index (χ2n) is 5.23. The molecule has 0 unspecified atom stereocenters. The van der Waals surface area contributed by atoms with Gasteiger partial charge in [0, 0.05) is 13.2 Å². The molecule has 1 aromatic carbocycles. The second-order valence-corrected chi connectivity index (χ2v) is 7.16. The lowest BCUT2D eigenvalue weighted by Crippen LogP contribution is -2.25. The lowest BCUT2D eigenvalue weighted by Gasteiger charge is -2.12. The quantitative estimate of drug-likeness (QED) is 0.798. The van der Waals surface area contributed by atoms with Crippen LogP contribution in [0.2, 0.25) is 0 Å². The number of sulfonamides is 1. The highest BCUT2D eigenvalue weighted by molar-refractivity contribution is 7.89. The molecule has 0 bridgehead atoms. The summed E-state index contributed by atoms with van der Waals surface area (Å²) in [6.07, 6.45) is 2.97. The van der Waals surface area contributed by atoms with Gasteiger partial charge in [-0.2, -0.15) is 0 Å². The van der Waals surface area contributed by atoms with Gasteiger partial charge in [-0.05, 0) is 37.0 Å². The fourth-order valence-corrected chi connectivity index (χ4v) is 3.27. The van der Waals surface area contributed by atoms with E-state index >= 15 is 0 Å². The molecule has 1 aliphatic rings. The zero-order chi connectivity index (χ0) is 15.1. The summed E-state index contributed by atoms with van der Waals surface area (Å²) in [6.45, 7) is 3.56. The van der Waals surface area contributed by atoms with Gasteiger partial charge in [0.2, 0.25) is 10.0 Å². The van der Waals surface area contributed by atoms with Crippen LogP contribution < -0.4 is 9.46 Å². The van der Waals surface area contributed by atoms with Crippen LogP contribution >= 0.6 is 0 Å². The van der Waals surface area contributed by atoms with Crippen molar-refractivity contribution in [3.05, 3.63) is 29.8 Å². The maximum Gasteiger partial charge on any atom is 0.211 e. The van der Waals surface area contributed by atoms with E-state index in [4.69, 9.17) is 9.47 Å². The van der Waals surface area contributed by atoms with Gasteiger partial charge in [0.1, 0.15) is 12.4 Å². The molecule has 1 N–H and O–H groups in total. The summed E-state index contributed by atoms with van der Waals surface area (Å²) in [5.74, 6) is 0.945. The number of nitrogens with one attached hydrogen (secondary N) is 1. The monoisotopic (exact) mass is 313 g/mol.